The molecule has 0 aromatic heterocycles. The Kier molecular flexibility index (Phi) is 7.97. The zero-order valence-electron chi connectivity index (χ0n) is 14.2. The first-order valence-electron chi connectivity index (χ1n) is 7.58. The Labute approximate surface area is 151 Å². The lowest BCUT2D eigenvalue weighted by atomic mass is 10.2. The molecule has 0 unspecified atom stereocenters. The third-order valence-corrected chi connectivity index (χ3v) is 3.25. The van der Waals surface area contributed by atoms with Crippen LogP contribution in [-0.4, -0.2) is 55.0 Å². The van der Waals surface area contributed by atoms with E-state index in [2.05, 4.69) is 0 Å². The first-order chi connectivity index (χ1) is 12.6. The van der Waals surface area contributed by atoms with E-state index in [9.17, 15) is 32.9 Å². The Morgan fingerprint density at radius 3 is 2.48 bits per heavy atom. The number of anilines is 1. The number of carboxylic acid groups (broad SMARTS) is 1. The summed E-state index contributed by atoms with van der Waals surface area (Å²) in [6.07, 6.45) is -6.11. The number of ether oxygens (including phenoxy) is 2. The number of hydrogen-bond donors (Lipinski definition) is 1. The number of amides is 1. The molecule has 0 atom stereocenters. The predicted octanol–water partition coefficient (Wildman–Crippen LogP) is 2.38. The molecule has 0 saturated heterocycles. The monoisotopic (exact) mass is 394 g/mol. The van der Waals surface area contributed by atoms with Gasteiger partial charge in [0.15, 0.2) is 0 Å². The Bertz CT molecular complexity index is 694. The van der Waals surface area contributed by atoms with E-state index in [0.29, 0.717) is 0 Å². The number of nitro groups is 1. The van der Waals surface area contributed by atoms with E-state index in [1.54, 1.807) is 0 Å². The lowest BCUT2D eigenvalue weighted by molar-refractivity contribution is -0.384. The summed E-state index contributed by atoms with van der Waals surface area (Å²) in [4.78, 5) is 32.7. The SMILES string of the molecule is COCCOc1ccc(N(CCCC(=O)O)C(=O)C(F)(F)F)c([N+](=O)[O-])c1. The molecule has 0 bridgehead atoms. The zero-order chi connectivity index (χ0) is 20.6. The number of nitrogens with zero attached hydrogens (tertiary/aromatic N) is 2. The molecule has 0 radical (unpaired) electrons. The molecule has 0 heterocycles. The third kappa shape index (κ3) is 6.73. The Hall–Kier alpha value is -2.89. The second-order valence-corrected chi connectivity index (χ2v) is 5.20. The fourth-order valence-corrected chi connectivity index (χ4v) is 2.08. The van der Waals surface area contributed by atoms with Gasteiger partial charge < -0.3 is 14.6 Å². The number of nitro benzene ring substituents is 1. The molecule has 1 aromatic carbocycles. The van der Waals surface area contributed by atoms with Gasteiger partial charge in [-0.2, -0.15) is 13.2 Å². The van der Waals surface area contributed by atoms with Crippen LogP contribution in [0.25, 0.3) is 0 Å². The topological polar surface area (TPSA) is 119 Å². The number of carbonyl (C=O) groups is 2. The molecule has 1 rings (SSSR count). The van der Waals surface area contributed by atoms with Gasteiger partial charge in [0.05, 0.1) is 17.6 Å². The van der Waals surface area contributed by atoms with E-state index in [4.69, 9.17) is 14.6 Å². The van der Waals surface area contributed by atoms with Gasteiger partial charge in [-0.3, -0.25) is 24.6 Å². The molecule has 0 aliphatic carbocycles. The van der Waals surface area contributed by atoms with Gasteiger partial charge in [-0.05, 0) is 18.6 Å². The van der Waals surface area contributed by atoms with Crippen LogP contribution in [0.4, 0.5) is 24.5 Å². The second kappa shape index (κ2) is 9.71. The fraction of sp³-hybridized carbons (Fsp3) is 0.467. The quantitative estimate of drug-likeness (QED) is 0.368. The van der Waals surface area contributed by atoms with Crippen LogP contribution >= 0.6 is 0 Å². The molecule has 1 amide bonds. The van der Waals surface area contributed by atoms with Crippen LogP contribution in [0.3, 0.4) is 0 Å². The summed E-state index contributed by atoms with van der Waals surface area (Å²) in [6.45, 7) is -0.421. The number of alkyl halides is 3. The molecule has 27 heavy (non-hydrogen) atoms. The molecule has 150 valence electrons. The molecule has 0 saturated carbocycles. The maximum Gasteiger partial charge on any atom is 0.471 e. The normalized spacial score (nSPS) is 11.1. The Morgan fingerprint density at radius 2 is 1.96 bits per heavy atom. The molecular weight excluding hydrogens is 377 g/mol. The number of rotatable bonds is 10. The van der Waals surface area contributed by atoms with Crippen molar-refractivity contribution in [2.24, 2.45) is 0 Å². The van der Waals surface area contributed by atoms with Crippen LogP contribution in [0, 0.1) is 10.1 Å². The first-order valence-corrected chi connectivity index (χ1v) is 7.58. The number of hydrogen-bond acceptors (Lipinski definition) is 6. The first kappa shape index (κ1) is 22.2. The number of carbonyl (C=O) groups excluding carboxylic acids is 1. The molecule has 0 aliphatic heterocycles. The Morgan fingerprint density at radius 1 is 1.30 bits per heavy atom. The van der Waals surface area contributed by atoms with Gasteiger partial charge in [0.2, 0.25) is 0 Å². The minimum absolute atomic E-state index is 0.00689. The molecule has 0 aliphatic rings. The summed E-state index contributed by atoms with van der Waals surface area (Å²) in [7, 11) is 1.41. The van der Waals surface area contributed by atoms with Crippen molar-refractivity contribution in [3.8, 4) is 5.75 Å². The standard InChI is InChI=1S/C15H17F3N2O7/c1-26-7-8-27-10-4-5-11(12(9-10)20(24)25)19(6-2-3-13(21)22)14(23)15(16,17)18/h4-5,9H,2-3,6-8H2,1H3,(H,21,22). The summed E-state index contributed by atoms with van der Waals surface area (Å²) in [5.74, 6) is -3.60. The number of benzene rings is 1. The average Bonchev–Trinajstić information content (AvgIpc) is 2.57. The summed E-state index contributed by atoms with van der Waals surface area (Å²) in [5.41, 5.74) is -1.38. The van der Waals surface area contributed by atoms with Crippen molar-refractivity contribution in [3.63, 3.8) is 0 Å². The van der Waals surface area contributed by atoms with E-state index in [-0.39, 0.29) is 30.3 Å². The highest BCUT2D eigenvalue weighted by Crippen LogP contribution is 2.34. The minimum atomic E-state index is -5.29. The molecule has 1 aromatic rings. The molecule has 0 fully saturated rings. The van der Waals surface area contributed by atoms with Crippen LogP contribution in [-0.2, 0) is 14.3 Å². The van der Waals surface area contributed by atoms with Crippen LogP contribution in [0.1, 0.15) is 12.8 Å². The van der Waals surface area contributed by atoms with Gasteiger partial charge in [0.25, 0.3) is 5.69 Å². The molecule has 9 nitrogen and oxygen atoms in total. The van der Waals surface area contributed by atoms with Gasteiger partial charge in [-0.25, -0.2) is 0 Å². The summed E-state index contributed by atoms with van der Waals surface area (Å²) >= 11 is 0. The zero-order valence-corrected chi connectivity index (χ0v) is 14.2. The molecule has 1 N–H and O–H groups in total. The number of methoxy groups -OCH3 is 1. The summed E-state index contributed by atoms with van der Waals surface area (Å²) in [5, 5.41) is 19.9. The summed E-state index contributed by atoms with van der Waals surface area (Å²) < 4.78 is 48.5. The van der Waals surface area contributed by atoms with Gasteiger partial charge in [0.1, 0.15) is 18.0 Å². The maximum absolute atomic E-state index is 12.9. The van der Waals surface area contributed by atoms with Crippen LogP contribution < -0.4 is 9.64 Å². The van der Waals surface area contributed by atoms with Gasteiger partial charge >= 0.3 is 18.1 Å². The van der Waals surface area contributed by atoms with E-state index in [0.717, 1.165) is 12.1 Å². The van der Waals surface area contributed by atoms with Crippen molar-refractivity contribution >= 4 is 23.3 Å². The maximum atomic E-state index is 12.9. The minimum Gasteiger partial charge on any atom is -0.491 e. The fourth-order valence-electron chi connectivity index (χ4n) is 2.08. The van der Waals surface area contributed by atoms with Crippen LogP contribution in [0.15, 0.2) is 18.2 Å². The highest BCUT2D eigenvalue weighted by atomic mass is 19.4. The highest BCUT2D eigenvalue weighted by Gasteiger charge is 2.44. The Balaban J connectivity index is 3.23. The number of halogens is 3. The van der Waals surface area contributed by atoms with Crippen molar-refractivity contribution < 1.29 is 42.3 Å². The van der Waals surface area contributed by atoms with Gasteiger partial charge in [0, 0.05) is 20.1 Å². The van der Waals surface area contributed by atoms with Crippen molar-refractivity contribution in [1.29, 1.82) is 0 Å². The largest absolute Gasteiger partial charge is 0.491 e. The van der Waals surface area contributed by atoms with Gasteiger partial charge in [-0.15, -0.1) is 0 Å². The van der Waals surface area contributed by atoms with E-state index >= 15 is 0 Å². The van der Waals surface area contributed by atoms with Crippen LogP contribution in [0.5, 0.6) is 5.75 Å². The predicted molar refractivity (Wildman–Crippen MR) is 85.7 cm³/mol. The molecule has 12 heteroatoms. The van der Waals surface area contributed by atoms with Crippen LogP contribution in [0.2, 0.25) is 0 Å². The smallest absolute Gasteiger partial charge is 0.471 e. The average molecular weight is 394 g/mol. The summed E-state index contributed by atoms with van der Waals surface area (Å²) in [6, 6.07) is 3.01. The van der Waals surface area contributed by atoms with Crippen molar-refractivity contribution in [1.82, 2.24) is 0 Å². The van der Waals surface area contributed by atoms with Gasteiger partial charge in [-0.1, -0.05) is 0 Å². The number of aliphatic carboxylic acids is 1. The third-order valence-electron chi connectivity index (χ3n) is 3.25. The van der Waals surface area contributed by atoms with E-state index < -0.39 is 47.3 Å². The molecular formula is C15H17F3N2O7. The molecule has 0 spiro atoms. The lowest BCUT2D eigenvalue weighted by Crippen LogP contribution is -2.42. The highest BCUT2D eigenvalue weighted by molar-refractivity contribution is 5.99. The van der Waals surface area contributed by atoms with E-state index in [1.165, 1.54) is 13.2 Å². The van der Waals surface area contributed by atoms with Crippen molar-refractivity contribution in [2.75, 3.05) is 31.8 Å². The lowest BCUT2D eigenvalue weighted by Gasteiger charge is -2.23. The second-order valence-electron chi connectivity index (χ2n) is 5.20. The number of carboxylic acids is 1. The van der Waals surface area contributed by atoms with E-state index in [1.807, 2.05) is 0 Å². The van der Waals surface area contributed by atoms with Crippen molar-refractivity contribution in [3.05, 3.63) is 28.3 Å². The van der Waals surface area contributed by atoms with Crippen molar-refractivity contribution in [2.45, 2.75) is 19.0 Å².